The summed E-state index contributed by atoms with van der Waals surface area (Å²) in [5.74, 6) is 0. The van der Waals surface area contributed by atoms with Crippen molar-refractivity contribution in [3.8, 4) is 0 Å². The van der Waals surface area contributed by atoms with Gasteiger partial charge in [0.15, 0.2) is 13.0 Å². The maximum atomic E-state index is 5.14. The SMILES string of the molecule is c1ccc(N2B3N(c4cccc([Si](c5ccccc5)(c5ccccc5)c5cccc6c5sc5nc7ccccc7n56)c4)c4ccccc4N3c3ccccc32)cc1. The second kappa shape index (κ2) is 12.6. The maximum absolute atomic E-state index is 5.14. The molecule has 0 radical (unpaired) electrons. The standard InChI is InChI=1S/C49H34BN5SSi/c1-4-18-35(19-5-1)53-42-28-12-14-30-44(42)55-45-31-15-13-29-43(45)54(50(53)55)36-20-16-25-39(34-36)57(37-21-6-2-7-22-37,38-23-8-3-9-24-38)47-33-17-32-46-48(47)56-49-51-40-26-10-11-27-41(40)52(46)49/h1-34H. The summed E-state index contributed by atoms with van der Waals surface area (Å²) < 4.78 is 3.64. The van der Waals surface area contributed by atoms with Gasteiger partial charge in [-0.3, -0.25) is 4.40 Å². The lowest BCUT2D eigenvalue weighted by atomic mass is 9.86. The van der Waals surface area contributed by atoms with Crippen molar-refractivity contribution in [3.05, 3.63) is 206 Å². The van der Waals surface area contributed by atoms with Crippen LogP contribution in [0.25, 0.3) is 26.2 Å². The fraction of sp³-hybridized carbons (Fsp3) is 0. The zero-order chi connectivity index (χ0) is 37.5. The number of rotatable bonds is 6. The molecule has 0 N–H and O–H groups in total. The summed E-state index contributed by atoms with van der Waals surface area (Å²) in [4.78, 5) is 13.7. The molecule has 2 aliphatic heterocycles. The first-order chi connectivity index (χ1) is 28.3. The van der Waals surface area contributed by atoms with E-state index in [1.807, 2.05) is 11.3 Å². The van der Waals surface area contributed by atoms with E-state index in [0.29, 0.717) is 0 Å². The van der Waals surface area contributed by atoms with Gasteiger partial charge in [0.1, 0.15) is 0 Å². The van der Waals surface area contributed by atoms with Crippen molar-refractivity contribution in [3.63, 3.8) is 0 Å². The average Bonchev–Trinajstić information content (AvgIpc) is 4.02. The molecule has 0 aliphatic carbocycles. The summed E-state index contributed by atoms with van der Waals surface area (Å²) >= 11 is 1.81. The van der Waals surface area contributed by atoms with E-state index < -0.39 is 8.07 Å². The topological polar surface area (TPSA) is 27.0 Å². The minimum absolute atomic E-state index is 0.135. The Bertz CT molecular complexity index is 3080. The minimum atomic E-state index is -3.00. The van der Waals surface area contributed by atoms with Gasteiger partial charge in [0.05, 0.1) is 44.0 Å². The molecule has 0 fully saturated rings. The smallest absolute Gasteiger partial charge is 0.344 e. The van der Waals surface area contributed by atoms with Crippen LogP contribution in [0.5, 0.6) is 0 Å². The summed E-state index contributed by atoms with van der Waals surface area (Å²) in [6.07, 6.45) is 0. The van der Waals surface area contributed by atoms with Gasteiger partial charge < -0.3 is 14.4 Å². The zero-order valence-electron chi connectivity index (χ0n) is 30.9. The molecule has 0 unspecified atom stereocenters. The van der Waals surface area contributed by atoms with Crippen molar-refractivity contribution in [2.75, 3.05) is 14.4 Å². The molecule has 8 heteroatoms. The number of thiazole rings is 1. The molecule has 0 amide bonds. The predicted molar refractivity (Wildman–Crippen MR) is 243 cm³/mol. The third-order valence-corrected chi connectivity index (χ3v) is 17.9. The highest BCUT2D eigenvalue weighted by Gasteiger charge is 2.54. The molecule has 12 rings (SSSR count). The lowest BCUT2D eigenvalue weighted by molar-refractivity contribution is 1.33. The van der Waals surface area contributed by atoms with Gasteiger partial charge in [-0.15, -0.1) is 0 Å². The van der Waals surface area contributed by atoms with Crippen molar-refractivity contribution in [2.24, 2.45) is 0 Å². The molecule has 0 bridgehead atoms. The van der Waals surface area contributed by atoms with Crippen molar-refractivity contribution < 1.29 is 0 Å². The quantitative estimate of drug-likeness (QED) is 0.125. The Hall–Kier alpha value is -6.87. The number of aromatic nitrogens is 2. The van der Waals surface area contributed by atoms with Crippen LogP contribution in [-0.2, 0) is 0 Å². The normalized spacial score (nSPS) is 13.5. The Labute approximate surface area is 336 Å². The molecule has 2 aliphatic rings. The van der Waals surface area contributed by atoms with Crippen LogP contribution in [0.3, 0.4) is 0 Å². The maximum Gasteiger partial charge on any atom is 0.519 e. The van der Waals surface area contributed by atoms with Crippen molar-refractivity contribution in [2.45, 2.75) is 0 Å². The first-order valence-corrected chi connectivity index (χ1v) is 22.2. The summed E-state index contributed by atoms with van der Waals surface area (Å²) in [6.45, 7) is 0. The number of benzene rings is 8. The summed E-state index contributed by atoms with van der Waals surface area (Å²) in [5, 5.41) is 5.40. The molecule has 0 spiro atoms. The molecule has 0 saturated heterocycles. The van der Waals surface area contributed by atoms with Crippen LogP contribution >= 0.6 is 11.3 Å². The van der Waals surface area contributed by atoms with Crippen LogP contribution in [0.2, 0.25) is 0 Å². The molecule has 57 heavy (non-hydrogen) atoms. The van der Waals surface area contributed by atoms with Crippen molar-refractivity contribution in [1.82, 2.24) is 9.38 Å². The van der Waals surface area contributed by atoms with E-state index in [4.69, 9.17) is 4.98 Å². The monoisotopic (exact) mass is 763 g/mol. The molecule has 5 nitrogen and oxygen atoms in total. The van der Waals surface area contributed by atoms with Crippen LogP contribution in [0, 0.1) is 0 Å². The number of fused-ring (bicyclic) bond motifs is 10. The van der Waals surface area contributed by atoms with E-state index >= 15 is 0 Å². The third-order valence-electron chi connectivity index (χ3n) is 11.9. The van der Waals surface area contributed by atoms with Crippen LogP contribution in [0.1, 0.15) is 0 Å². The third kappa shape index (κ3) is 4.59. The molecule has 8 aromatic carbocycles. The molecule has 268 valence electrons. The van der Waals surface area contributed by atoms with Gasteiger partial charge in [0.25, 0.3) is 0 Å². The lowest BCUT2D eigenvalue weighted by Gasteiger charge is -2.36. The van der Waals surface area contributed by atoms with Crippen molar-refractivity contribution in [1.29, 1.82) is 0 Å². The molecule has 0 saturated carbocycles. The fourth-order valence-electron chi connectivity index (χ4n) is 9.58. The number of para-hydroxylation sites is 7. The van der Waals surface area contributed by atoms with E-state index in [1.54, 1.807) is 0 Å². The Morgan fingerprint density at radius 1 is 0.421 bits per heavy atom. The predicted octanol–water partition coefficient (Wildman–Crippen LogP) is 9.51. The van der Waals surface area contributed by atoms with Crippen LogP contribution in [0.15, 0.2) is 206 Å². The summed E-state index contributed by atoms with van der Waals surface area (Å²) in [6, 6.07) is 76.0. The Kier molecular flexibility index (Phi) is 7.15. The van der Waals surface area contributed by atoms with Gasteiger partial charge in [-0.05, 0) is 87.5 Å². The van der Waals surface area contributed by atoms with Crippen LogP contribution in [0.4, 0.5) is 34.1 Å². The molecule has 2 aromatic heterocycles. The van der Waals surface area contributed by atoms with Gasteiger partial charge in [0.2, 0.25) is 0 Å². The molecular formula is C49H34BN5SSi. The second-order valence-corrected chi connectivity index (χ2v) is 19.5. The van der Waals surface area contributed by atoms with Gasteiger partial charge >= 0.3 is 7.12 Å². The van der Waals surface area contributed by atoms with Gasteiger partial charge in [-0.2, -0.15) is 0 Å². The second-order valence-electron chi connectivity index (χ2n) is 14.8. The van der Waals surface area contributed by atoms with Gasteiger partial charge in [-0.25, -0.2) is 4.98 Å². The molecule has 10 aromatic rings. The largest absolute Gasteiger partial charge is 0.519 e. The number of hydrogen-bond donors (Lipinski definition) is 0. The Morgan fingerprint density at radius 3 is 1.58 bits per heavy atom. The van der Waals surface area contributed by atoms with Gasteiger partial charge in [-0.1, -0.05) is 151 Å². The Morgan fingerprint density at radius 2 is 0.912 bits per heavy atom. The van der Waals surface area contributed by atoms with E-state index in [9.17, 15) is 0 Å². The van der Waals surface area contributed by atoms with E-state index in [1.165, 1.54) is 53.7 Å². The summed E-state index contributed by atoms with van der Waals surface area (Å²) in [7, 11) is -3.14. The highest BCUT2D eigenvalue weighted by molar-refractivity contribution is 7.29. The highest BCUT2D eigenvalue weighted by atomic mass is 32.1. The first-order valence-electron chi connectivity index (χ1n) is 19.4. The fourth-order valence-corrected chi connectivity index (χ4v) is 16.1. The lowest BCUT2D eigenvalue weighted by Crippen LogP contribution is -2.74. The molecule has 4 heterocycles. The van der Waals surface area contributed by atoms with Gasteiger partial charge in [0, 0.05) is 11.4 Å². The Balaban J connectivity index is 1.14. The van der Waals surface area contributed by atoms with Crippen LogP contribution < -0.4 is 35.2 Å². The number of hydrogen-bond acceptors (Lipinski definition) is 5. The highest BCUT2D eigenvalue weighted by Crippen LogP contribution is 2.55. The number of anilines is 6. The van der Waals surface area contributed by atoms with Crippen molar-refractivity contribution >= 4 is 108 Å². The summed E-state index contributed by atoms with van der Waals surface area (Å²) in [5.41, 5.74) is 10.5. The number of nitrogens with zero attached hydrogens (tertiary/aromatic N) is 5. The van der Waals surface area contributed by atoms with E-state index in [-0.39, 0.29) is 7.12 Å². The first kappa shape index (κ1) is 32.4. The molecular weight excluding hydrogens is 730 g/mol. The van der Waals surface area contributed by atoms with E-state index in [2.05, 4.69) is 225 Å². The minimum Gasteiger partial charge on any atom is -0.344 e. The van der Waals surface area contributed by atoms with Crippen LogP contribution in [-0.4, -0.2) is 24.6 Å². The zero-order valence-corrected chi connectivity index (χ0v) is 32.7. The molecule has 0 atom stereocenters. The average molecular weight is 764 g/mol. The number of imidazole rings is 1. The van der Waals surface area contributed by atoms with E-state index in [0.717, 1.165) is 27.4 Å².